The van der Waals surface area contributed by atoms with Crippen molar-refractivity contribution in [2.75, 3.05) is 4.90 Å². The van der Waals surface area contributed by atoms with Crippen LogP contribution in [0.5, 0.6) is 0 Å². The number of imide groups is 1. The fourth-order valence-corrected chi connectivity index (χ4v) is 3.83. The molecule has 1 fully saturated rings. The van der Waals surface area contributed by atoms with E-state index in [0.717, 1.165) is 16.7 Å². The normalized spacial score (nSPS) is 18.1. The molecule has 2 amide bonds. The number of amides is 2. The third kappa shape index (κ3) is 4.15. The van der Waals surface area contributed by atoms with Crippen molar-refractivity contribution in [1.29, 1.82) is 0 Å². The van der Waals surface area contributed by atoms with Gasteiger partial charge < -0.3 is 5.73 Å². The fraction of sp³-hybridized carbons (Fsp3) is 0.118. The van der Waals surface area contributed by atoms with E-state index < -0.39 is 5.25 Å². The van der Waals surface area contributed by atoms with Crippen molar-refractivity contribution in [2.45, 2.75) is 11.7 Å². The molecule has 1 unspecified atom stereocenters. The molecule has 0 bridgehead atoms. The molecule has 3 rings (SSSR count). The lowest BCUT2D eigenvalue weighted by atomic mass is 10.3. The largest absolute Gasteiger partial charge is 0.378 e. The molecule has 1 heterocycles. The van der Waals surface area contributed by atoms with E-state index in [4.69, 9.17) is 28.9 Å². The predicted octanol–water partition coefficient (Wildman–Crippen LogP) is 4.00. The van der Waals surface area contributed by atoms with Crippen LogP contribution in [0.2, 0.25) is 10.0 Å². The molecule has 0 radical (unpaired) electrons. The minimum Gasteiger partial charge on any atom is -0.378 e. The smallest absolute Gasteiger partial charge is 0.247 e. The molecule has 0 spiro atoms. The molecule has 1 saturated heterocycles. The van der Waals surface area contributed by atoms with E-state index in [1.807, 2.05) is 18.2 Å². The van der Waals surface area contributed by atoms with Crippen molar-refractivity contribution < 1.29 is 9.59 Å². The van der Waals surface area contributed by atoms with Crippen molar-refractivity contribution in [2.24, 2.45) is 10.7 Å². The standard InChI is InChI=1S/C17H13Cl2N3O2S/c18-10-6-11(19)8-13(7-10)22-15(23)9-14(16(22)24)25-17(20)21-12-4-2-1-3-5-12/h1-8,14H,9H2,(H2,20,21). The first-order valence-corrected chi connectivity index (χ1v) is 8.96. The van der Waals surface area contributed by atoms with Crippen LogP contribution in [0.3, 0.4) is 0 Å². The van der Waals surface area contributed by atoms with Crippen LogP contribution in [0.15, 0.2) is 53.5 Å². The van der Waals surface area contributed by atoms with Crippen molar-refractivity contribution in [1.82, 2.24) is 0 Å². The van der Waals surface area contributed by atoms with Gasteiger partial charge in [-0.3, -0.25) is 9.59 Å². The number of anilines is 1. The highest BCUT2D eigenvalue weighted by molar-refractivity contribution is 8.15. The summed E-state index contributed by atoms with van der Waals surface area (Å²) in [6, 6.07) is 13.7. The molecule has 0 aromatic heterocycles. The molecule has 25 heavy (non-hydrogen) atoms. The number of carbonyl (C=O) groups is 2. The number of hydrogen-bond donors (Lipinski definition) is 1. The van der Waals surface area contributed by atoms with E-state index in [-0.39, 0.29) is 23.4 Å². The second-order valence-electron chi connectivity index (χ2n) is 5.29. The van der Waals surface area contributed by atoms with Crippen LogP contribution >= 0.6 is 35.0 Å². The maximum Gasteiger partial charge on any atom is 0.247 e. The van der Waals surface area contributed by atoms with Gasteiger partial charge in [-0.2, -0.15) is 0 Å². The van der Waals surface area contributed by atoms with E-state index in [1.165, 1.54) is 18.2 Å². The van der Waals surface area contributed by atoms with E-state index in [1.54, 1.807) is 12.1 Å². The maximum absolute atomic E-state index is 12.6. The lowest BCUT2D eigenvalue weighted by Crippen LogP contribution is -2.31. The topological polar surface area (TPSA) is 75.8 Å². The number of hydrogen-bond acceptors (Lipinski definition) is 4. The lowest BCUT2D eigenvalue weighted by molar-refractivity contribution is -0.121. The second kappa shape index (κ2) is 7.47. The van der Waals surface area contributed by atoms with Gasteiger partial charge in [-0.25, -0.2) is 9.89 Å². The predicted molar refractivity (Wildman–Crippen MR) is 103 cm³/mol. The summed E-state index contributed by atoms with van der Waals surface area (Å²) in [6.45, 7) is 0. The molecule has 8 heteroatoms. The van der Waals surface area contributed by atoms with Gasteiger partial charge in [0.15, 0.2) is 5.17 Å². The van der Waals surface area contributed by atoms with Gasteiger partial charge in [0.2, 0.25) is 11.8 Å². The number of thioether (sulfide) groups is 1. The minimum absolute atomic E-state index is 0.0403. The molecule has 2 N–H and O–H groups in total. The number of benzene rings is 2. The van der Waals surface area contributed by atoms with Gasteiger partial charge in [0.1, 0.15) is 5.25 Å². The van der Waals surface area contributed by atoms with Crippen LogP contribution < -0.4 is 10.6 Å². The Balaban J connectivity index is 1.78. The van der Waals surface area contributed by atoms with E-state index in [0.29, 0.717) is 21.4 Å². The van der Waals surface area contributed by atoms with Crippen LogP contribution in [0.25, 0.3) is 0 Å². The van der Waals surface area contributed by atoms with E-state index >= 15 is 0 Å². The second-order valence-corrected chi connectivity index (χ2v) is 7.39. The number of carbonyl (C=O) groups excluding carboxylic acids is 2. The van der Waals surface area contributed by atoms with Crippen LogP contribution in [0, 0.1) is 0 Å². The zero-order valence-electron chi connectivity index (χ0n) is 12.9. The number of para-hydroxylation sites is 1. The van der Waals surface area contributed by atoms with Gasteiger partial charge in [0.25, 0.3) is 0 Å². The van der Waals surface area contributed by atoms with Crippen molar-refractivity contribution in [3.63, 3.8) is 0 Å². The van der Waals surface area contributed by atoms with Crippen LogP contribution in [-0.4, -0.2) is 22.2 Å². The highest BCUT2D eigenvalue weighted by Crippen LogP contribution is 2.33. The average molecular weight is 394 g/mol. The average Bonchev–Trinajstić information content (AvgIpc) is 2.81. The number of nitrogens with zero attached hydrogens (tertiary/aromatic N) is 2. The molecule has 1 aliphatic heterocycles. The Morgan fingerprint density at radius 3 is 2.40 bits per heavy atom. The number of nitrogens with two attached hydrogens (primary N) is 1. The first kappa shape index (κ1) is 17.8. The first-order chi connectivity index (χ1) is 11.9. The van der Waals surface area contributed by atoms with Gasteiger partial charge in [-0.1, -0.05) is 53.2 Å². The first-order valence-electron chi connectivity index (χ1n) is 7.33. The Kier molecular flexibility index (Phi) is 5.32. The molecule has 1 atom stereocenters. The van der Waals surface area contributed by atoms with Crippen molar-refractivity contribution in [3.05, 3.63) is 58.6 Å². The molecule has 1 aliphatic rings. The summed E-state index contributed by atoms with van der Waals surface area (Å²) in [7, 11) is 0. The quantitative estimate of drug-likeness (QED) is 0.485. The highest BCUT2D eigenvalue weighted by Gasteiger charge is 2.40. The molecular weight excluding hydrogens is 381 g/mol. The van der Waals surface area contributed by atoms with Gasteiger partial charge in [0.05, 0.1) is 11.4 Å². The molecule has 128 valence electrons. The summed E-state index contributed by atoms with van der Waals surface area (Å²) in [5.74, 6) is -0.687. The monoisotopic (exact) mass is 393 g/mol. The summed E-state index contributed by atoms with van der Waals surface area (Å²) >= 11 is 13.0. The SMILES string of the molecule is NC(=Nc1ccccc1)SC1CC(=O)N(c2cc(Cl)cc(Cl)c2)C1=O. The Labute approximate surface area is 158 Å². The highest BCUT2D eigenvalue weighted by atomic mass is 35.5. The summed E-state index contributed by atoms with van der Waals surface area (Å²) in [5.41, 5.74) is 6.95. The summed E-state index contributed by atoms with van der Waals surface area (Å²) in [4.78, 5) is 30.2. The Hall–Kier alpha value is -2.02. The summed E-state index contributed by atoms with van der Waals surface area (Å²) in [6.07, 6.45) is 0.0403. The minimum atomic E-state index is -0.627. The molecule has 5 nitrogen and oxygen atoms in total. The van der Waals surface area contributed by atoms with Crippen molar-refractivity contribution in [3.8, 4) is 0 Å². The van der Waals surface area contributed by atoms with E-state index in [9.17, 15) is 9.59 Å². The Morgan fingerprint density at radius 1 is 1.12 bits per heavy atom. The molecule has 2 aromatic rings. The van der Waals surface area contributed by atoms with Crippen LogP contribution in [0.1, 0.15) is 6.42 Å². The van der Waals surface area contributed by atoms with Gasteiger partial charge >= 0.3 is 0 Å². The van der Waals surface area contributed by atoms with Crippen LogP contribution in [-0.2, 0) is 9.59 Å². The van der Waals surface area contributed by atoms with Crippen LogP contribution in [0.4, 0.5) is 11.4 Å². The number of amidine groups is 1. The number of rotatable bonds is 3. The molecule has 0 saturated carbocycles. The molecule has 0 aliphatic carbocycles. The lowest BCUT2D eigenvalue weighted by Gasteiger charge is -2.15. The zero-order valence-corrected chi connectivity index (χ0v) is 15.2. The fourth-order valence-electron chi connectivity index (χ4n) is 2.44. The zero-order chi connectivity index (χ0) is 18.0. The van der Waals surface area contributed by atoms with Gasteiger partial charge in [-0.15, -0.1) is 0 Å². The Morgan fingerprint density at radius 2 is 1.76 bits per heavy atom. The van der Waals surface area contributed by atoms with Crippen molar-refractivity contribution >= 4 is 63.3 Å². The molecule has 2 aromatic carbocycles. The summed E-state index contributed by atoms with van der Waals surface area (Å²) in [5, 5.41) is 0.301. The van der Waals surface area contributed by atoms with E-state index in [2.05, 4.69) is 4.99 Å². The van der Waals surface area contributed by atoms with Gasteiger partial charge in [0, 0.05) is 16.5 Å². The number of aliphatic imine (C=N–C) groups is 1. The maximum atomic E-state index is 12.6. The Bertz CT molecular complexity index is 838. The number of halogens is 2. The third-order valence-electron chi connectivity index (χ3n) is 3.47. The third-order valence-corrected chi connectivity index (χ3v) is 4.89. The molecular formula is C17H13Cl2N3O2S. The summed E-state index contributed by atoms with van der Waals surface area (Å²) < 4.78 is 0. The van der Waals surface area contributed by atoms with Gasteiger partial charge in [-0.05, 0) is 30.3 Å².